The summed E-state index contributed by atoms with van der Waals surface area (Å²) in [4.78, 5) is 14.9. The van der Waals surface area contributed by atoms with Crippen LogP contribution in [0, 0.1) is 5.95 Å². The second kappa shape index (κ2) is 8.21. The predicted molar refractivity (Wildman–Crippen MR) is 79.8 cm³/mol. The molecule has 0 spiro atoms. The molecule has 23 heavy (non-hydrogen) atoms. The number of benzene rings is 1. The normalized spacial score (nSPS) is 13.2. The lowest BCUT2D eigenvalue weighted by atomic mass is 10.1. The van der Waals surface area contributed by atoms with Crippen molar-refractivity contribution >= 4 is 6.09 Å². The van der Waals surface area contributed by atoms with Crippen molar-refractivity contribution in [3.63, 3.8) is 0 Å². The van der Waals surface area contributed by atoms with E-state index in [2.05, 4.69) is 10.3 Å². The number of alkyl carbamates (subject to hydrolysis) is 1. The average molecular weight is 320 g/mol. The van der Waals surface area contributed by atoms with Crippen LogP contribution in [-0.2, 0) is 11.3 Å². The molecule has 0 bridgehead atoms. The Hall–Kier alpha value is -2.51. The molecule has 0 aliphatic carbocycles. The molecule has 1 heterocycles. The Morgan fingerprint density at radius 2 is 2.00 bits per heavy atom. The van der Waals surface area contributed by atoms with E-state index < -0.39 is 24.2 Å². The Balaban J connectivity index is 1.77. The molecule has 0 saturated heterocycles. The number of nitrogens with one attached hydrogen (secondary N) is 1. The molecule has 0 aliphatic heterocycles. The molecular weight excluding hydrogens is 303 g/mol. The summed E-state index contributed by atoms with van der Waals surface area (Å²) < 4.78 is 17.9. The number of carbonyl (C=O) groups excluding carboxylic acids is 1. The van der Waals surface area contributed by atoms with Crippen LogP contribution in [0.25, 0.3) is 0 Å². The Morgan fingerprint density at radius 1 is 1.26 bits per heavy atom. The van der Waals surface area contributed by atoms with Crippen molar-refractivity contribution in [2.75, 3.05) is 6.54 Å². The van der Waals surface area contributed by atoms with Crippen LogP contribution in [0.1, 0.15) is 17.2 Å². The smallest absolute Gasteiger partial charge is 0.407 e. The molecule has 7 heteroatoms. The van der Waals surface area contributed by atoms with Gasteiger partial charge in [0.05, 0.1) is 0 Å². The molecular formula is C16H17FN2O4. The summed E-state index contributed by atoms with van der Waals surface area (Å²) in [5, 5.41) is 22.1. The molecule has 2 aromatic rings. The molecule has 1 aromatic carbocycles. The lowest BCUT2D eigenvalue weighted by Crippen LogP contribution is -2.35. The fourth-order valence-electron chi connectivity index (χ4n) is 1.90. The fraction of sp³-hybridized carbons (Fsp3) is 0.250. The van der Waals surface area contributed by atoms with Crippen LogP contribution in [-0.4, -0.2) is 33.9 Å². The summed E-state index contributed by atoms with van der Waals surface area (Å²) in [5.41, 5.74) is 1.000. The lowest BCUT2D eigenvalue weighted by Gasteiger charge is -2.18. The van der Waals surface area contributed by atoms with Gasteiger partial charge in [-0.05, 0) is 23.3 Å². The molecule has 122 valence electrons. The molecule has 2 atom stereocenters. The van der Waals surface area contributed by atoms with Crippen molar-refractivity contribution in [2.24, 2.45) is 0 Å². The van der Waals surface area contributed by atoms with Crippen molar-refractivity contribution in [2.45, 2.75) is 18.8 Å². The van der Waals surface area contributed by atoms with Gasteiger partial charge in [0, 0.05) is 12.7 Å². The molecule has 3 N–H and O–H groups in total. The van der Waals surface area contributed by atoms with E-state index in [0.717, 1.165) is 11.6 Å². The van der Waals surface area contributed by atoms with Crippen molar-refractivity contribution in [3.05, 3.63) is 65.7 Å². The minimum atomic E-state index is -1.35. The highest BCUT2D eigenvalue weighted by molar-refractivity contribution is 5.67. The van der Waals surface area contributed by atoms with E-state index in [0.29, 0.717) is 0 Å². The summed E-state index contributed by atoms with van der Waals surface area (Å²) in [7, 11) is 0. The first-order valence-corrected chi connectivity index (χ1v) is 6.98. The summed E-state index contributed by atoms with van der Waals surface area (Å²) in [6.07, 6.45) is -2.19. The largest absolute Gasteiger partial charge is 0.445 e. The van der Waals surface area contributed by atoms with Gasteiger partial charge in [0.1, 0.15) is 18.8 Å². The number of rotatable bonds is 6. The van der Waals surface area contributed by atoms with Gasteiger partial charge >= 0.3 is 6.09 Å². The molecule has 0 aliphatic rings. The monoisotopic (exact) mass is 320 g/mol. The quantitative estimate of drug-likeness (QED) is 0.702. The number of aromatic nitrogens is 1. The maximum Gasteiger partial charge on any atom is 0.407 e. The second-order valence-electron chi connectivity index (χ2n) is 4.87. The van der Waals surface area contributed by atoms with E-state index in [1.165, 1.54) is 12.3 Å². The zero-order valence-corrected chi connectivity index (χ0v) is 12.2. The van der Waals surface area contributed by atoms with E-state index in [1.54, 1.807) is 0 Å². The molecule has 1 aromatic heterocycles. The molecule has 0 radical (unpaired) electrons. The highest BCUT2D eigenvalue weighted by Gasteiger charge is 2.20. The summed E-state index contributed by atoms with van der Waals surface area (Å²) in [5.74, 6) is -0.760. The third kappa shape index (κ3) is 5.32. The number of carbonyl (C=O) groups is 1. The SMILES string of the molecule is O=C(NCC(O)C(O)c1ccnc(F)c1)OCc1ccccc1. The highest BCUT2D eigenvalue weighted by Crippen LogP contribution is 2.16. The van der Waals surface area contributed by atoms with Crippen LogP contribution in [0.3, 0.4) is 0 Å². The maximum absolute atomic E-state index is 13.0. The molecule has 0 saturated carbocycles. The van der Waals surface area contributed by atoms with Crippen molar-refractivity contribution in [3.8, 4) is 0 Å². The van der Waals surface area contributed by atoms with Gasteiger partial charge in [0.15, 0.2) is 0 Å². The molecule has 2 rings (SSSR count). The second-order valence-corrected chi connectivity index (χ2v) is 4.87. The number of hydrogen-bond acceptors (Lipinski definition) is 5. The lowest BCUT2D eigenvalue weighted by molar-refractivity contribution is 0.0181. The predicted octanol–water partition coefficient (Wildman–Crippen LogP) is 1.54. The van der Waals surface area contributed by atoms with E-state index in [1.807, 2.05) is 30.3 Å². The minimum Gasteiger partial charge on any atom is -0.445 e. The Morgan fingerprint density at radius 3 is 2.70 bits per heavy atom. The highest BCUT2D eigenvalue weighted by atomic mass is 19.1. The number of aliphatic hydroxyl groups is 2. The first-order valence-electron chi connectivity index (χ1n) is 6.98. The first-order chi connectivity index (χ1) is 11.1. The number of hydrogen-bond donors (Lipinski definition) is 3. The van der Waals surface area contributed by atoms with Crippen LogP contribution in [0.5, 0.6) is 0 Å². The van der Waals surface area contributed by atoms with Gasteiger partial charge in [-0.3, -0.25) is 0 Å². The van der Waals surface area contributed by atoms with Gasteiger partial charge in [0.2, 0.25) is 5.95 Å². The van der Waals surface area contributed by atoms with E-state index in [-0.39, 0.29) is 18.7 Å². The summed E-state index contributed by atoms with van der Waals surface area (Å²) in [6.45, 7) is -0.139. The number of amides is 1. The maximum atomic E-state index is 13.0. The topological polar surface area (TPSA) is 91.7 Å². The van der Waals surface area contributed by atoms with Crippen LogP contribution in [0.15, 0.2) is 48.7 Å². The standard InChI is InChI=1S/C16H17FN2O4/c17-14-8-12(6-7-18-14)15(21)13(20)9-19-16(22)23-10-11-4-2-1-3-5-11/h1-8,13,15,20-21H,9-10H2,(H,19,22). The van der Waals surface area contributed by atoms with Gasteiger partial charge in [-0.25, -0.2) is 9.78 Å². The molecule has 1 amide bonds. The van der Waals surface area contributed by atoms with Gasteiger partial charge < -0.3 is 20.3 Å². The molecule has 6 nitrogen and oxygen atoms in total. The fourth-order valence-corrected chi connectivity index (χ4v) is 1.90. The number of aliphatic hydroxyl groups excluding tert-OH is 2. The van der Waals surface area contributed by atoms with Crippen molar-refractivity contribution in [1.82, 2.24) is 10.3 Å². The van der Waals surface area contributed by atoms with E-state index in [4.69, 9.17) is 4.74 Å². The van der Waals surface area contributed by atoms with E-state index >= 15 is 0 Å². The van der Waals surface area contributed by atoms with Gasteiger partial charge in [0.25, 0.3) is 0 Å². The third-order valence-electron chi connectivity index (χ3n) is 3.12. The van der Waals surface area contributed by atoms with Crippen LogP contribution >= 0.6 is 0 Å². The van der Waals surface area contributed by atoms with Crippen LogP contribution in [0.4, 0.5) is 9.18 Å². The summed E-state index contributed by atoms with van der Waals surface area (Å²) >= 11 is 0. The average Bonchev–Trinajstić information content (AvgIpc) is 2.58. The number of nitrogens with zero attached hydrogens (tertiary/aromatic N) is 1. The van der Waals surface area contributed by atoms with E-state index in [9.17, 15) is 19.4 Å². The zero-order chi connectivity index (χ0) is 16.7. The minimum absolute atomic E-state index is 0.0981. The van der Waals surface area contributed by atoms with Crippen molar-refractivity contribution in [1.29, 1.82) is 0 Å². The van der Waals surface area contributed by atoms with Gasteiger partial charge in [-0.15, -0.1) is 0 Å². The molecule has 2 unspecified atom stereocenters. The van der Waals surface area contributed by atoms with Gasteiger partial charge in [-0.2, -0.15) is 4.39 Å². The first kappa shape index (κ1) is 16.9. The Bertz CT molecular complexity index is 639. The molecule has 0 fully saturated rings. The number of pyridine rings is 1. The Labute approximate surface area is 132 Å². The number of ether oxygens (including phenoxy) is 1. The van der Waals surface area contributed by atoms with Crippen LogP contribution < -0.4 is 5.32 Å². The summed E-state index contributed by atoms with van der Waals surface area (Å²) in [6, 6.07) is 11.5. The third-order valence-corrected chi connectivity index (χ3v) is 3.12. The van der Waals surface area contributed by atoms with Crippen molar-refractivity contribution < 1.29 is 24.1 Å². The zero-order valence-electron chi connectivity index (χ0n) is 12.2. The van der Waals surface area contributed by atoms with Crippen LogP contribution in [0.2, 0.25) is 0 Å². The number of halogens is 1. The Kier molecular flexibility index (Phi) is 6.02. The van der Waals surface area contributed by atoms with Gasteiger partial charge in [-0.1, -0.05) is 30.3 Å².